The van der Waals surface area contributed by atoms with E-state index in [2.05, 4.69) is 26.1 Å². The molecule has 1 aromatic carbocycles. The molecular weight excluding hydrogens is 318 g/mol. The quantitative estimate of drug-likeness (QED) is 0.726. The summed E-state index contributed by atoms with van der Waals surface area (Å²) in [4.78, 5) is 9.34. The Hall–Kier alpha value is -2.54. The number of hydrogen-bond donors (Lipinski definition) is 0. The van der Waals surface area contributed by atoms with Crippen molar-refractivity contribution in [3.8, 4) is 5.75 Å². The number of methoxy groups -OCH3 is 1. The minimum atomic E-state index is 0.700. The third kappa shape index (κ3) is 3.46. The highest BCUT2D eigenvalue weighted by molar-refractivity contribution is 5.76. The maximum atomic E-state index is 5.95. The second-order valence-corrected chi connectivity index (χ2v) is 6.47. The van der Waals surface area contributed by atoms with E-state index in [0.29, 0.717) is 6.01 Å². The van der Waals surface area contributed by atoms with Crippen molar-refractivity contribution < 1.29 is 9.15 Å². The number of nitrogens with zero attached hydrogens (tertiary/aromatic N) is 5. The van der Waals surface area contributed by atoms with Crippen molar-refractivity contribution in [2.24, 2.45) is 7.05 Å². The van der Waals surface area contributed by atoms with Crippen LogP contribution in [0.2, 0.25) is 0 Å². The molecule has 132 valence electrons. The Morgan fingerprint density at radius 3 is 2.92 bits per heavy atom. The van der Waals surface area contributed by atoms with Gasteiger partial charge in [-0.25, -0.2) is 0 Å². The van der Waals surface area contributed by atoms with E-state index in [-0.39, 0.29) is 0 Å². The van der Waals surface area contributed by atoms with Gasteiger partial charge in [-0.05, 0) is 18.6 Å². The molecule has 1 aliphatic rings. The second kappa shape index (κ2) is 6.76. The topological polar surface area (TPSA) is 59.6 Å². The van der Waals surface area contributed by atoms with Crippen LogP contribution < -0.4 is 9.64 Å². The smallest absolute Gasteiger partial charge is 0.298 e. The average molecular weight is 341 g/mol. The molecule has 1 saturated heterocycles. The van der Waals surface area contributed by atoms with Gasteiger partial charge >= 0.3 is 0 Å². The van der Waals surface area contributed by atoms with Crippen molar-refractivity contribution in [2.45, 2.75) is 13.0 Å². The number of aromatic nitrogens is 3. The Labute approximate surface area is 146 Å². The van der Waals surface area contributed by atoms with Gasteiger partial charge in [0.15, 0.2) is 5.58 Å². The van der Waals surface area contributed by atoms with E-state index in [1.54, 1.807) is 7.11 Å². The van der Waals surface area contributed by atoms with Crippen LogP contribution in [0.25, 0.3) is 11.1 Å². The number of anilines is 1. The molecule has 0 aliphatic carbocycles. The van der Waals surface area contributed by atoms with E-state index in [0.717, 1.165) is 56.0 Å². The molecule has 25 heavy (non-hydrogen) atoms. The van der Waals surface area contributed by atoms with Crippen LogP contribution >= 0.6 is 0 Å². The number of hydrogen-bond acceptors (Lipinski definition) is 6. The fraction of sp³-hybridized carbons (Fsp3) is 0.444. The molecule has 3 aromatic rings. The molecule has 0 spiro atoms. The summed E-state index contributed by atoms with van der Waals surface area (Å²) < 4.78 is 13.1. The molecule has 0 amide bonds. The third-order valence-electron chi connectivity index (χ3n) is 4.61. The zero-order chi connectivity index (χ0) is 17.2. The van der Waals surface area contributed by atoms with Gasteiger partial charge in [0.1, 0.15) is 11.3 Å². The lowest BCUT2D eigenvalue weighted by Crippen LogP contribution is -2.30. The molecule has 0 radical (unpaired) electrons. The van der Waals surface area contributed by atoms with Crippen LogP contribution in [-0.2, 0) is 13.6 Å². The number of benzene rings is 1. The fourth-order valence-corrected chi connectivity index (χ4v) is 3.29. The molecular formula is C18H23N5O2. The molecule has 0 N–H and O–H groups in total. The largest absolute Gasteiger partial charge is 0.497 e. The van der Waals surface area contributed by atoms with Crippen molar-refractivity contribution >= 4 is 17.1 Å². The third-order valence-corrected chi connectivity index (χ3v) is 4.61. The van der Waals surface area contributed by atoms with E-state index in [9.17, 15) is 0 Å². The number of rotatable bonds is 4. The van der Waals surface area contributed by atoms with Gasteiger partial charge < -0.3 is 14.1 Å². The van der Waals surface area contributed by atoms with Gasteiger partial charge in [0.2, 0.25) is 0 Å². The number of aryl methyl sites for hydroxylation is 1. The fourth-order valence-electron chi connectivity index (χ4n) is 3.29. The summed E-state index contributed by atoms with van der Waals surface area (Å²) in [5, 5.41) is 4.25. The Morgan fingerprint density at radius 2 is 2.12 bits per heavy atom. The van der Waals surface area contributed by atoms with Crippen LogP contribution in [-0.4, -0.2) is 53.0 Å². The summed E-state index contributed by atoms with van der Waals surface area (Å²) in [6, 6.07) is 6.42. The molecule has 3 heterocycles. The lowest BCUT2D eigenvalue weighted by atomic mass is 10.3. The summed E-state index contributed by atoms with van der Waals surface area (Å²) in [7, 11) is 3.61. The zero-order valence-electron chi connectivity index (χ0n) is 14.7. The van der Waals surface area contributed by atoms with Gasteiger partial charge in [0.05, 0.1) is 13.3 Å². The molecule has 1 aliphatic heterocycles. The second-order valence-electron chi connectivity index (χ2n) is 6.47. The van der Waals surface area contributed by atoms with Crippen LogP contribution in [0.1, 0.15) is 12.0 Å². The first-order valence-corrected chi connectivity index (χ1v) is 8.61. The Bertz CT molecular complexity index is 856. The summed E-state index contributed by atoms with van der Waals surface area (Å²) >= 11 is 0. The molecule has 0 saturated carbocycles. The monoisotopic (exact) mass is 341 g/mol. The van der Waals surface area contributed by atoms with E-state index in [4.69, 9.17) is 9.15 Å². The number of oxazole rings is 1. The molecule has 0 atom stereocenters. The average Bonchev–Trinajstić information content (AvgIpc) is 3.14. The predicted molar refractivity (Wildman–Crippen MR) is 95.9 cm³/mol. The number of ether oxygens (including phenoxy) is 1. The molecule has 1 fully saturated rings. The minimum absolute atomic E-state index is 0.700. The Kier molecular flexibility index (Phi) is 4.31. The van der Waals surface area contributed by atoms with E-state index in [1.807, 2.05) is 36.1 Å². The van der Waals surface area contributed by atoms with E-state index in [1.165, 1.54) is 5.56 Å². The zero-order valence-corrected chi connectivity index (χ0v) is 14.7. The van der Waals surface area contributed by atoms with Crippen molar-refractivity contribution in [3.63, 3.8) is 0 Å². The van der Waals surface area contributed by atoms with Crippen LogP contribution in [0.5, 0.6) is 5.75 Å². The summed E-state index contributed by atoms with van der Waals surface area (Å²) in [6.07, 6.45) is 5.11. The molecule has 0 unspecified atom stereocenters. The van der Waals surface area contributed by atoms with Crippen LogP contribution in [0.3, 0.4) is 0 Å². The van der Waals surface area contributed by atoms with Crippen molar-refractivity contribution in [3.05, 3.63) is 36.2 Å². The molecule has 7 heteroatoms. The van der Waals surface area contributed by atoms with Gasteiger partial charge in [-0.1, -0.05) is 0 Å². The lowest BCUT2D eigenvalue weighted by Gasteiger charge is -2.20. The van der Waals surface area contributed by atoms with Crippen molar-refractivity contribution in [1.82, 2.24) is 19.7 Å². The van der Waals surface area contributed by atoms with Crippen LogP contribution in [0.4, 0.5) is 6.01 Å². The van der Waals surface area contributed by atoms with E-state index >= 15 is 0 Å². The van der Waals surface area contributed by atoms with Gasteiger partial charge in [-0.2, -0.15) is 10.1 Å². The standard InChI is InChI=1S/C18H23N5O2/c1-21-12-14(11-19-21)13-22-6-3-7-23(9-8-22)18-20-16-10-15(24-2)4-5-17(16)25-18/h4-5,10-12H,3,6-9,13H2,1-2H3. The molecule has 0 bridgehead atoms. The van der Waals surface area contributed by atoms with Gasteiger partial charge in [0.25, 0.3) is 6.01 Å². The van der Waals surface area contributed by atoms with Crippen LogP contribution in [0, 0.1) is 0 Å². The van der Waals surface area contributed by atoms with Gasteiger partial charge in [0, 0.05) is 57.6 Å². The van der Waals surface area contributed by atoms with Crippen LogP contribution in [0.15, 0.2) is 35.0 Å². The SMILES string of the molecule is COc1ccc2oc(N3CCCN(Cc4cnn(C)c4)CC3)nc2c1. The Morgan fingerprint density at radius 1 is 1.20 bits per heavy atom. The first-order valence-electron chi connectivity index (χ1n) is 8.61. The Balaban J connectivity index is 1.45. The predicted octanol–water partition coefficient (Wildman–Crippen LogP) is 2.28. The molecule has 2 aromatic heterocycles. The highest BCUT2D eigenvalue weighted by atomic mass is 16.5. The van der Waals surface area contributed by atoms with Gasteiger partial charge in [-0.3, -0.25) is 9.58 Å². The minimum Gasteiger partial charge on any atom is -0.497 e. The maximum Gasteiger partial charge on any atom is 0.298 e. The normalized spacial score (nSPS) is 16.3. The molecule has 4 rings (SSSR count). The molecule has 7 nitrogen and oxygen atoms in total. The summed E-state index contributed by atoms with van der Waals surface area (Å²) in [5.74, 6) is 0.797. The first-order chi connectivity index (χ1) is 12.2. The summed E-state index contributed by atoms with van der Waals surface area (Å²) in [5.41, 5.74) is 2.89. The highest BCUT2D eigenvalue weighted by Crippen LogP contribution is 2.26. The van der Waals surface area contributed by atoms with Gasteiger partial charge in [-0.15, -0.1) is 0 Å². The number of fused-ring (bicyclic) bond motifs is 1. The lowest BCUT2D eigenvalue weighted by molar-refractivity contribution is 0.285. The highest BCUT2D eigenvalue weighted by Gasteiger charge is 2.19. The van der Waals surface area contributed by atoms with Crippen molar-refractivity contribution in [1.29, 1.82) is 0 Å². The van der Waals surface area contributed by atoms with E-state index < -0.39 is 0 Å². The van der Waals surface area contributed by atoms with Crippen molar-refractivity contribution in [2.75, 3.05) is 38.2 Å². The summed E-state index contributed by atoms with van der Waals surface area (Å²) in [6.45, 7) is 4.85. The first kappa shape index (κ1) is 16.0. The maximum absolute atomic E-state index is 5.95.